The fourth-order valence-electron chi connectivity index (χ4n) is 2.25. The van der Waals surface area contributed by atoms with E-state index in [4.69, 9.17) is 4.74 Å². The standard InChI is InChI=1S/C14H18O2/c1-3-16-13(15)14(2,12-9-10-12)11-7-5-4-6-8-11/h4-8,12H,3,9-10H2,1-2H3. The van der Waals surface area contributed by atoms with Crippen molar-refractivity contribution in [2.24, 2.45) is 5.92 Å². The summed E-state index contributed by atoms with van der Waals surface area (Å²) >= 11 is 0. The number of benzene rings is 1. The first kappa shape index (κ1) is 11.2. The lowest BCUT2D eigenvalue weighted by molar-refractivity contribution is -0.150. The number of hydrogen-bond donors (Lipinski definition) is 0. The molecule has 0 spiro atoms. The average molecular weight is 218 g/mol. The summed E-state index contributed by atoms with van der Waals surface area (Å²) in [5.74, 6) is 0.373. The van der Waals surface area contributed by atoms with Gasteiger partial charge in [-0.2, -0.15) is 0 Å². The van der Waals surface area contributed by atoms with Crippen molar-refractivity contribution in [3.05, 3.63) is 35.9 Å². The van der Waals surface area contributed by atoms with Gasteiger partial charge in [0, 0.05) is 0 Å². The second-order valence-corrected chi connectivity index (χ2v) is 4.56. The predicted octanol–water partition coefficient (Wildman–Crippen LogP) is 2.92. The fraction of sp³-hybridized carbons (Fsp3) is 0.500. The molecule has 0 aromatic heterocycles. The molecule has 1 aliphatic carbocycles. The van der Waals surface area contributed by atoms with Crippen molar-refractivity contribution in [1.82, 2.24) is 0 Å². The van der Waals surface area contributed by atoms with Gasteiger partial charge >= 0.3 is 5.97 Å². The molecule has 2 heteroatoms. The number of carbonyl (C=O) groups is 1. The summed E-state index contributed by atoms with van der Waals surface area (Å²) in [4.78, 5) is 12.1. The third kappa shape index (κ3) is 1.84. The lowest BCUT2D eigenvalue weighted by atomic mass is 9.78. The Morgan fingerprint density at radius 2 is 2.00 bits per heavy atom. The van der Waals surface area contributed by atoms with E-state index >= 15 is 0 Å². The Balaban J connectivity index is 2.32. The van der Waals surface area contributed by atoms with E-state index in [1.54, 1.807) is 0 Å². The molecule has 0 amide bonds. The van der Waals surface area contributed by atoms with Crippen molar-refractivity contribution in [2.75, 3.05) is 6.61 Å². The Morgan fingerprint density at radius 3 is 2.50 bits per heavy atom. The molecule has 2 nitrogen and oxygen atoms in total. The van der Waals surface area contributed by atoms with E-state index in [1.165, 1.54) is 0 Å². The van der Waals surface area contributed by atoms with E-state index < -0.39 is 5.41 Å². The molecule has 1 saturated carbocycles. The highest BCUT2D eigenvalue weighted by molar-refractivity contribution is 5.83. The summed E-state index contributed by atoms with van der Waals surface area (Å²) < 4.78 is 5.22. The second kappa shape index (κ2) is 4.28. The number of esters is 1. The van der Waals surface area contributed by atoms with E-state index in [0.29, 0.717) is 12.5 Å². The lowest BCUT2D eigenvalue weighted by Crippen LogP contribution is -2.36. The molecule has 0 radical (unpaired) electrons. The zero-order valence-corrected chi connectivity index (χ0v) is 9.90. The van der Waals surface area contributed by atoms with Crippen LogP contribution in [0.5, 0.6) is 0 Å². The van der Waals surface area contributed by atoms with Crippen LogP contribution in [0, 0.1) is 5.92 Å². The van der Waals surface area contributed by atoms with Gasteiger partial charge in [0.2, 0.25) is 0 Å². The molecule has 86 valence electrons. The quantitative estimate of drug-likeness (QED) is 0.726. The van der Waals surface area contributed by atoms with Crippen LogP contribution >= 0.6 is 0 Å². The van der Waals surface area contributed by atoms with Crippen molar-refractivity contribution < 1.29 is 9.53 Å². The molecule has 16 heavy (non-hydrogen) atoms. The van der Waals surface area contributed by atoms with Crippen molar-refractivity contribution in [2.45, 2.75) is 32.1 Å². The van der Waals surface area contributed by atoms with E-state index in [1.807, 2.05) is 44.2 Å². The van der Waals surface area contributed by atoms with Crippen LogP contribution in [0.4, 0.5) is 0 Å². The Labute approximate surface area is 96.6 Å². The molecule has 0 saturated heterocycles. The fourth-order valence-corrected chi connectivity index (χ4v) is 2.25. The predicted molar refractivity (Wildman–Crippen MR) is 63.2 cm³/mol. The molecule has 1 aromatic carbocycles. The van der Waals surface area contributed by atoms with Crippen LogP contribution in [0.2, 0.25) is 0 Å². The first-order valence-corrected chi connectivity index (χ1v) is 5.92. The van der Waals surface area contributed by atoms with Gasteiger partial charge in [-0.15, -0.1) is 0 Å². The van der Waals surface area contributed by atoms with E-state index in [0.717, 1.165) is 18.4 Å². The molecular weight excluding hydrogens is 200 g/mol. The van der Waals surface area contributed by atoms with Gasteiger partial charge < -0.3 is 4.74 Å². The van der Waals surface area contributed by atoms with Gasteiger partial charge in [0.1, 0.15) is 0 Å². The molecule has 0 N–H and O–H groups in total. The van der Waals surface area contributed by atoms with Crippen molar-refractivity contribution in [3.8, 4) is 0 Å². The SMILES string of the molecule is CCOC(=O)C(C)(c1ccccc1)C1CC1. The molecular formula is C14H18O2. The summed E-state index contributed by atoms with van der Waals surface area (Å²) in [6.45, 7) is 4.32. The molecule has 1 unspecified atom stereocenters. The Morgan fingerprint density at radius 1 is 1.38 bits per heavy atom. The van der Waals surface area contributed by atoms with Gasteiger partial charge in [0.15, 0.2) is 0 Å². The molecule has 1 fully saturated rings. The normalized spacial score (nSPS) is 18.9. The first-order valence-electron chi connectivity index (χ1n) is 5.92. The van der Waals surface area contributed by atoms with Crippen molar-refractivity contribution >= 4 is 5.97 Å². The Kier molecular flexibility index (Phi) is 2.99. The van der Waals surface area contributed by atoms with E-state index in [9.17, 15) is 4.79 Å². The van der Waals surface area contributed by atoms with Gasteiger partial charge in [-0.1, -0.05) is 30.3 Å². The van der Waals surface area contributed by atoms with Crippen LogP contribution in [0.25, 0.3) is 0 Å². The highest BCUT2D eigenvalue weighted by Crippen LogP contribution is 2.47. The minimum absolute atomic E-state index is 0.0799. The second-order valence-electron chi connectivity index (χ2n) is 4.56. The Bertz CT molecular complexity index is 368. The highest BCUT2D eigenvalue weighted by Gasteiger charge is 2.49. The van der Waals surface area contributed by atoms with Gasteiger partial charge in [-0.3, -0.25) is 4.79 Å². The minimum Gasteiger partial charge on any atom is -0.465 e. The largest absolute Gasteiger partial charge is 0.465 e. The lowest BCUT2D eigenvalue weighted by Gasteiger charge is -2.27. The summed E-state index contributed by atoms with van der Waals surface area (Å²) in [6.07, 6.45) is 2.26. The van der Waals surface area contributed by atoms with Crippen LogP contribution in [0.1, 0.15) is 32.3 Å². The van der Waals surface area contributed by atoms with E-state index in [-0.39, 0.29) is 5.97 Å². The van der Waals surface area contributed by atoms with Crippen LogP contribution < -0.4 is 0 Å². The molecule has 0 heterocycles. The number of rotatable bonds is 4. The van der Waals surface area contributed by atoms with Gasteiger partial charge in [-0.05, 0) is 38.2 Å². The minimum atomic E-state index is -0.447. The summed E-state index contributed by atoms with van der Waals surface area (Å²) in [5.41, 5.74) is 0.632. The van der Waals surface area contributed by atoms with Crippen LogP contribution in [-0.4, -0.2) is 12.6 Å². The van der Waals surface area contributed by atoms with Crippen molar-refractivity contribution in [3.63, 3.8) is 0 Å². The average Bonchev–Trinajstić information content (AvgIpc) is 3.13. The summed E-state index contributed by atoms with van der Waals surface area (Å²) in [6, 6.07) is 9.98. The topological polar surface area (TPSA) is 26.3 Å². The van der Waals surface area contributed by atoms with Gasteiger partial charge in [0.05, 0.1) is 12.0 Å². The Hall–Kier alpha value is -1.31. The molecule has 0 aliphatic heterocycles. The zero-order valence-electron chi connectivity index (χ0n) is 9.90. The zero-order chi connectivity index (χ0) is 11.6. The molecule has 2 rings (SSSR count). The third-order valence-electron chi connectivity index (χ3n) is 3.47. The van der Waals surface area contributed by atoms with Crippen LogP contribution in [0.15, 0.2) is 30.3 Å². The molecule has 1 atom stereocenters. The first-order chi connectivity index (χ1) is 7.69. The van der Waals surface area contributed by atoms with Gasteiger partial charge in [-0.25, -0.2) is 0 Å². The maximum absolute atomic E-state index is 12.1. The monoisotopic (exact) mass is 218 g/mol. The third-order valence-corrected chi connectivity index (χ3v) is 3.47. The molecule has 1 aliphatic rings. The summed E-state index contributed by atoms with van der Waals surface area (Å²) in [5, 5.41) is 0. The number of hydrogen-bond acceptors (Lipinski definition) is 2. The molecule has 0 bridgehead atoms. The van der Waals surface area contributed by atoms with Crippen molar-refractivity contribution in [1.29, 1.82) is 0 Å². The van der Waals surface area contributed by atoms with Crippen LogP contribution in [0.3, 0.4) is 0 Å². The maximum Gasteiger partial charge on any atom is 0.316 e. The smallest absolute Gasteiger partial charge is 0.316 e. The summed E-state index contributed by atoms with van der Waals surface area (Å²) in [7, 11) is 0. The maximum atomic E-state index is 12.1. The van der Waals surface area contributed by atoms with Gasteiger partial charge in [0.25, 0.3) is 0 Å². The van der Waals surface area contributed by atoms with E-state index in [2.05, 4.69) is 0 Å². The highest BCUT2D eigenvalue weighted by atomic mass is 16.5. The molecule has 1 aromatic rings. The van der Waals surface area contributed by atoms with Crippen LogP contribution in [-0.2, 0) is 14.9 Å². The number of ether oxygens (including phenoxy) is 1. The number of carbonyl (C=O) groups excluding carboxylic acids is 1.